The highest BCUT2D eigenvalue weighted by Crippen LogP contribution is 2.26. The maximum absolute atomic E-state index is 13.2. The van der Waals surface area contributed by atoms with Crippen LogP contribution in [0.15, 0.2) is 42.5 Å². The maximum atomic E-state index is 13.2. The van der Waals surface area contributed by atoms with Crippen LogP contribution in [0.2, 0.25) is 10.0 Å². The van der Waals surface area contributed by atoms with Gasteiger partial charge in [0.15, 0.2) is 6.61 Å². The minimum atomic E-state index is -0.658. The molecule has 184 valence electrons. The van der Waals surface area contributed by atoms with Gasteiger partial charge in [0.25, 0.3) is 5.91 Å². The van der Waals surface area contributed by atoms with Crippen molar-refractivity contribution in [2.75, 3.05) is 6.61 Å². The third-order valence-electron chi connectivity index (χ3n) is 6.29. The zero-order valence-corrected chi connectivity index (χ0v) is 21.9. The zero-order chi connectivity index (χ0) is 24.9. The average Bonchev–Trinajstić information content (AvgIpc) is 3.30. The maximum Gasteiger partial charge on any atom is 0.261 e. The van der Waals surface area contributed by atoms with Crippen molar-refractivity contribution in [3.05, 3.63) is 63.6 Å². The lowest BCUT2D eigenvalue weighted by atomic mass is 9.87. The number of halogens is 2. The van der Waals surface area contributed by atoms with Crippen molar-refractivity contribution >= 4 is 35.0 Å². The number of nitrogens with zero attached hydrogens (tertiary/aromatic N) is 1. The summed E-state index contributed by atoms with van der Waals surface area (Å²) in [5, 5.41) is 3.94. The summed E-state index contributed by atoms with van der Waals surface area (Å²) >= 11 is 12.2. The smallest absolute Gasteiger partial charge is 0.261 e. The van der Waals surface area contributed by atoms with Gasteiger partial charge in [0, 0.05) is 12.6 Å². The predicted molar refractivity (Wildman–Crippen MR) is 138 cm³/mol. The van der Waals surface area contributed by atoms with Crippen LogP contribution in [0, 0.1) is 0 Å². The van der Waals surface area contributed by atoms with E-state index in [0.29, 0.717) is 15.8 Å². The number of hydrogen-bond acceptors (Lipinski definition) is 3. The number of rotatable bonds is 8. The van der Waals surface area contributed by atoms with E-state index in [4.69, 9.17) is 27.9 Å². The summed E-state index contributed by atoms with van der Waals surface area (Å²) in [6.45, 7) is 8.23. The Labute approximate surface area is 212 Å². The van der Waals surface area contributed by atoms with Crippen molar-refractivity contribution in [1.82, 2.24) is 10.2 Å². The first-order valence-corrected chi connectivity index (χ1v) is 12.6. The van der Waals surface area contributed by atoms with Crippen LogP contribution in [0.5, 0.6) is 5.75 Å². The Morgan fingerprint density at radius 2 is 1.71 bits per heavy atom. The molecule has 0 radical (unpaired) electrons. The molecule has 0 aliphatic heterocycles. The van der Waals surface area contributed by atoms with E-state index in [2.05, 4.69) is 26.1 Å². The van der Waals surface area contributed by atoms with Gasteiger partial charge in [-0.3, -0.25) is 9.59 Å². The fourth-order valence-electron chi connectivity index (χ4n) is 4.09. The van der Waals surface area contributed by atoms with Crippen LogP contribution in [0.3, 0.4) is 0 Å². The van der Waals surface area contributed by atoms with Crippen molar-refractivity contribution in [2.45, 2.75) is 77.4 Å². The minimum absolute atomic E-state index is 0.0348. The summed E-state index contributed by atoms with van der Waals surface area (Å²) in [7, 11) is 0. The van der Waals surface area contributed by atoms with Gasteiger partial charge in [0.2, 0.25) is 5.91 Å². The molecule has 0 saturated heterocycles. The molecule has 0 aromatic heterocycles. The van der Waals surface area contributed by atoms with Crippen molar-refractivity contribution in [3.63, 3.8) is 0 Å². The van der Waals surface area contributed by atoms with Crippen LogP contribution in [0.25, 0.3) is 0 Å². The molecule has 2 aromatic rings. The number of benzene rings is 2. The van der Waals surface area contributed by atoms with Gasteiger partial charge in [-0.05, 0) is 60.6 Å². The molecule has 0 bridgehead atoms. The Bertz CT molecular complexity index is 996. The highest BCUT2D eigenvalue weighted by Gasteiger charge is 2.29. The summed E-state index contributed by atoms with van der Waals surface area (Å²) in [6.07, 6.45) is 4.19. The Morgan fingerprint density at radius 1 is 1.06 bits per heavy atom. The van der Waals surface area contributed by atoms with Crippen LogP contribution in [0.1, 0.15) is 64.5 Å². The fourth-order valence-corrected chi connectivity index (χ4v) is 4.41. The topological polar surface area (TPSA) is 58.6 Å². The number of amides is 2. The molecule has 7 heteroatoms. The van der Waals surface area contributed by atoms with Crippen LogP contribution in [-0.2, 0) is 21.5 Å². The molecular formula is C27H34Cl2N2O3. The first kappa shape index (κ1) is 26.4. The minimum Gasteiger partial charge on any atom is -0.484 e. The first-order chi connectivity index (χ1) is 16.0. The zero-order valence-electron chi connectivity index (χ0n) is 20.4. The summed E-state index contributed by atoms with van der Waals surface area (Å²) in [6, 6.07) is 12.5. The molecule has 0 heterocycles. The number of carbonyl (C=O) groups is 2. The van der Waals surface area contributed by atoms with Gasteiger partial charge >= 0.3 is 0 Å². The molecule has 1 atom stereocenters. The highest BCUT2D eigenvalue weighted by molar-refractivity contribution is 6.42. The monoisotopic (exact) mass is 504 g/mol. The van der Waals surface area contributed by atoms with Gasteiger partial charge in [-0.2, -0.15) is 0 Å². The van der Waals surface area contributed by atoms with Crippen molar-refractivity contribution in [1.29, 1.82) is 0 Å². The van der Waals surface area contributed by atoms with Crippen molar-refractivity contribution in [2.24, 2.45) is 0 Å². The molecule has 1 saturated carbocycles. The molecular weight excluding hydrogens is 471 g/mol. The number of ether oxygens (including phenoxy) is 1. The largest absolute Gasteiger partial charge is 0.484 e. The lowest BCUT2D eigenvalue weighted by molar-refractivity contribution is -0.142. The Morgan fingerprint density at radius 3 is 2.29 bits per heavy atom. The number of hydrogen-bond donors (Lipinski definition) is 1. The normalized spacial score (nSPS) is 15.1. The molecule has 1 fully saturated rings. The third-order valence-corrected chi connectivity index (χ3v) is 7.03. The van der Waals surface area contributed by atoms with Gasteiger partial charge < -0.3 is 15.0 Å². The van der Waals surface area contributed by atoms with E-state index in [-0.39, 0.29) is 36.4 Å². The quantitative estimate of drug-likeness (QED) is 0.469. The molecule has 1 aliphatic rings. The fraction of sp³-hybridized carbons (Fsp3) is 0.481. The Hall–Kier alpha value is -2.24. The standard InChI is InChI=1S/C27H34Cl2N2O3/c1-18(26(33)30-21-7-5-6-8-21)31(16-19-9-14-23(28)24(29)15-19)25(32)17-34-22-12-10-20(11-13-22)27(2,3)4/h9-15,18,21H,5-8,16-17H2,1-4H3,(H,30,33)/t18-/m1/s1. The van der Waals surface area contributed by atoms with Crippen molar-refractivity contribution in [3.8, 4) is 5.75 Å². The van der Waals surface area contributed by atoms with E-state index in [1.165, 1.54) is 10.5 Å². The van der Waals surface area contributed by atoms with E-state index >= 15 is 0 Å². The second-order valence-electron chi connectivity index (χ2n) is 10.00. The second kappa shape index (κ2) is 11.5. The van der Waals surface area contributed by atoms with E-state index in [0.717, 1.165) is 31.2 Å². The van der Waals surface area contributed by atoms with E-state index in [1.54, 1.807) is 19.1 Å². The van der Waals surface area contributed by atoms with Gasteiger partial charge in [0.05, 0.1) is 10.0 Å². The van der Waals surface area contributed by atoms with Crippen LogP contribution in [-0.4, -0.2) is 35.4 Å². The Kier molecular flexibility index (Phi) is 8.89. The Balaban J connectivity index is 1.72. The van der Waals surface area contributed by atoms with E-state index in [1.807, 2.05) is 30.3 Å². The lowest BCUT2D eigenvalue weighted by Gasteiger charge is -2.29. The second-order valence-corrected chi connectivity index (χ2v) is 10.8. The molecule has 1 aliphatic carbocycles. The molecule has 2 amide bonds. The number of carbonyl (C=O) groups excluding carboxylic acids is 2. The lowest BCUT2D eigenvalue weighted by Crippen LogP contribution is -2.50. The van der Waals surface area contributed by atoms with Crippen LogP contribution >= 0.6 is 23.2 Å². The van der Waals surface area contributed by atoms with Gasteiger partial charge in [0.1, 0.15) is 11.8 Å². The predicted octanol–water partition coefficient (Wildman–Crippen LogP) is 6.15. The molecule has 34 heavy (non-hydrogen) atoms. The summed E-state index contributed by atoms with van der Waals surface area (Å²) in [5.41, 5.74) is 2.01. The van der Waals surface area contributed by atoms with Gasteiger partial charge in [-0.25, -0.2) is 0 Å². The molecule has 5 nitrogen and oxygen atoms in total. The summed E-state index contributed by atoms with van der Waals surface area (Å²) in [5.74, 6) is 0.175. The van der Waals surface area contributed by atoms with Crippen LogP contribution < -0.4 is 10.1 Å². The SMILES string of the molecule is C[C@H](C(=O)NC1CCCC1)N(Cc1ccc(Cl)c(Cl)c1)C(=O)COc1ccc(C(C)(C)C)cc1. The molecule has 0 unspecified atom stereocenters. The molecule has 1 N–H and O–H groups in total. The average molecular weight is 505 g/mol. The van der Waals surface area contributed by atoms with Crippen LogP contribution in [0.4, 0.5) is 0 Å². The third kappa shape index (κ3) is 7.13. The van der Waals surface area contributed by atoms with E-state index in [9.17, 15) is 9.59 Å². The van der Waals surface area contributed by atoms with Gasteiger partial charge in [-0.15, -0.1) is 0 Å². The molecule has 2 aromatic carbocycles. The summed E-state index contributed by atoms with van der Waals surface area (Å²) in [4.78, 5) is 27.7. The number of nitrogens with one attached hydrogen (secondary N) is 1. The van der Waals surface area contributed by atoms with E-state index < -0.39 is 6.04 Å². The molecule has 0 spiro atoms. The molecule has 3 rings (SSSR count). The van der Waals surface area contributed by atoms with Crippen molar-refractivity contribution < 1.29 is 14.3 Å². The first-order valence-electron chi connectivity index (χ1n) is 11.8. The summed E-state index contributed by atoms with van der Waals surface area (Å²) < 4.78 is 5.79. The highest BCUT2D eigenvalue weighted by atomic mass is 35.5. The van der Waals surface area contributed by atoms with Gasteiger partial charge in [-0.1, -0.05) is 75.0 Å².